The maximum atomic E-state index is 13.5. The number of aryl methyl sites for hydroxylation is 1. The minimum Gasteiger partial charge on any atom is -0.504 e. The third-order valence-electron chi connectivity index (χ3n) is 5.84. The van der Waals surface area contributed by atoms with Gasteiger partial charge in [-0.25, -0.2) is 4.57 Å². The van der Waals surface area contributed by atoms with Crippen molar-refractivity contribution >= 4 is 34.2 Å². The molecule has 9 heteroatoms. The first kappa shape index (κ1) is 21.7. The summed E-state index contributed by atoms with van der Waals surface area (Å²) in [5, 5.41) is 28.8. The Morgan fingerprint density at radius 1 is 0.971 bits per heavy atom. The number of Topliss-reactive ketones (excluding diaryl/α,β-unsaturated/α-hetero) is 1. The molecule has 0 bridgehead atoms. The lowest BCUT2D eigenvalue weighted by Crippen LogP contribution is -2.22. The zero-order chi connectivity index (χ0) is 24.0. The Morgan fingerprint density at radius 3 is 2.56 bits per heavy atom. The highest BCUT2D eigenvalue weighted by molar-refractivity contribution is 7.99. The van der Waals surface area contributed by atoms with Crippen LogP contribution in [0.2, 0.25) is 0 Å². The fraction of sp³-hybridized carbons (Fsp3) is 0.120. The average Bonchev–Trinajstić information content (AvgIpc) is 3.26. The maximum absolute atomic E-state index is 13.5. The van der Waals surface area contributed by atoms with Crippen LogP contribution in [0.4, 0.5) is 0 Å². The van der Waals surface area contributed by atoms with Crippen LogP contribution in [0.25, 0.3) is 22.4 Å². The van der Waals surface area contributed by atoms with E-state index < -0.39 is 0 Å². The van der Waals surface area contributed by atoms with Crippen LogP contribution < -0.4 is 5.56 Å². The number of rotatable bonds is 5. The first-order valence-corrected chi connectivity index (χ1v) is 11.5. The third kappa shape index (κ3) is 3.50. The van der Waals surface area contributed by atoms with Gasteiger partial charge in [0, 0.05) is 5.56 Å². The Hall–Kier alpha value is -4.11. The zero-order valence-electron chi connectivity index (χ0n) is 18.4. The van der Waals surface area contributed by atoms with Crippen molar-refractivity contribution in [3.05, 3.63) is 87.7 Å². The standard InChI is InChI=1S/C25H20N4O4S/c1-14-6-5-9-18(15(14)2)28-23(33)17-7-3-4-8-19(17)29-24(28)26-27-25(29)34-13-22(32)16-10-11-20(30)21(31)12-16/h3-12,30-31H,13H2,1-2H3. The van der Waals surface area contributed by atoms with Crippen LogP contribution in [0.15, 0.2) is 70.6 Å². The second kappa shape index (κ2) is 8.35. The number of hydrogen-bond donors (Lipinski definition) is 2. The molecule has 0 aliphatic heterocycles. The number of benzene rings is 3. The number of phenols is 2. The molecule has 3 aromatic carbocycles. The number of carbonyl (C=O) groups is 1. The summed E-state index contributed by atoms with van der Waals surface area (Å²) in [6.07, 6.45) is 0. The molecule has 0 fully saturated rings. The van der Waals surface area contributed by atoms with Crippen molar-refractivity contribution in [2.24, 2.45) is 0 Å². The number of carbonyl (C=O) groups excluding carboxylic acids is 1. The highest BCUT2D eigenvalue weighted by Crippen LogP contribution is 2.28. The molecule has 34 heavy (non-hydrogen) atoms. The average molecular weight is 473 g/mol. The fourth-order valence-corrected chi connectivity index (χ4v) is 4.71. The van der Waals surface area contributed by atoms with Crippen molar-refractivity contribution < 1.29 is 15.0 Å². The van der Waals surface area contributed by atoms with Crippen molar-refractivity contribution in [3.8, 4) is 17.2 Å². The molecule has 0 spiro atoms. The number of hydrogen-bond acceptors (Lipinski definition) is 7. The van der Waals surface area contributed by atoms with E-state index in [1.54, 1.807) is 21.1 Å². The van der Waals surface area contributed by atoms with Gasteiger partial charge in [-0.05, 0) is 61.4 Å². The van der Waals surface area contributed by atoms with E-state index >= 15 is 0 Å². The number of aromatic hydroxyl groups is 2. The SMILES string of the molecule is Cc1cccc(-n2c(=O)c3ccccc3n3c(SCC(=O)c4ccc(O)c(O)c4)nnc23)c1C. The van der Waals surface area contributed by atoms with Gasteiger partial charge in [-0.3, -0.25) is 14.0 Å². The van der Waals surface area contributed by atoms with Gasteiger partial charge in [0.25, 0.3) is 5.56 Å². The second-order valence-corrected chi connectivity index (χ2v) is 8.85. The predicted molar refractivity (Wildman–Crippen MR) is 130 cm³/mol. The summed E-state index contributed by atoms with van der Waals surface area (Å²) in [5.41, 5.74) is 3.45. The van der Waals surface area contributed by atoms with Gasteiger partial charge in [0.2, 0.25) is 5.78 Å². The summed E-state index contributed by atoms with van der Waals surface area (Å²) in [6.45, 7) is 3.94. The Kier molecular flexibility index (Phi) is 5.33. The van der Waals surface area contributed by atoms with Crippen molar-refractivity contribution in [1.82, 2.24) is 19.2 Å². The molecule has 0 amide bonds. The Balaban J connectivity index is 1.64. The van der Waals surface area contributed by atoms with E-state index in [0.29, 0.717) is 21.8 Å². The largest absolute Gasteiger partial charge is 0.504 e. The highest BCUT2D eigenvalue weighted by atomic mass is 32.2. The molecule has 0 radical (unpaired) electrons. The van der Waals surface area contributed by atoms with Gasteiger partial charge in [-0.1, -0.05) is 36.0 Å². The van der Waals surface area contributed by atoms with Gasteiger partial charge >= 0.3 is 0 Å². The number of phenolic OH excluding ortho intramolecular Hbond substituents is 2. The lowest BCUT2D eigenvalue weighted by atomic mass is 10.1. The van der Waals surface area contributed by atoms with E-state index in [0.717, 1.165) is 16.8 Å². The summed E-state index contributed by atoms with van der Waals surface area (Å²) in [6, 6.07) is 16.9. The Morgan fingerprint density at radius 2 is 1.76 bits per heavy atom. The molecule has 0 aliphatic rings. The zero-order valence-corrected chi connectivity index (χ0v) is 19.2. The van der Waals surface area contributed by atoms with Crippen molar-refractivity contribution in [2.75, 3.05) is 5.75 Å². The minimum absolute atomic E-state index is 0.0297. The van der Waals surface area contributed by atoms with Crippen LogP contribution in [-0.2, 0) is 0 Å². The molecule has 0 saturated heterocycles. The van der Waals surface area contributed by atoms with Gasteiger partial charge in [0.15, 0.2) is 22.4 Å². The van der Waals surface area contributed by atoms with Gasteiger partial charge < -0.3 is 10.2 Å². The summed E-state index contributed by atoms with van der Waals surface area (Å²) in [7, 11) is 0. The van der Waals surface area contributed by atoms with Crippen LogP contribution >= 0.6 is 11.8 Å². The van der Waals surface area contributed by atoms with Gasteiger partial charge in [0.05, 0.1) is 22.3 Å². The molecule has 2 aromatic heterocycles. The van der Waals surface area contributed by atoms with Crippen molar-refractivity contribution in [3.63, 3.8) is 0 Å². The van der Waals surface area contributed by atoms with Crippen LogP contribution in [0.3, 0.4) is 0 Å². The summed E-state index contributed by atoms with van der Waals surface area (Å²) in [4.78, 5) is 26.2. The van der Waals surface area contributed by atoms with E-state index in [9.17, 15) is 19.8 Å². The Labute approximate surface area is 198 Å². The number of thioether (sulfide) groups is 1. The van der Waals surface area contributed by atoms with E-state index in [4.69, 9.17) is 0 Å². The molecule has 2 N–H and O–H groups in total. The Bertz CT molecular complexity index is 1650. The number of aromatic nitrogens is 4. The molecule has 5 rings (SSSR count). The van der Waals surface area contributed by atoms with Crippen LogP contribution in [-0.4, -0.2) is 40.9 Å². The molecule has 8 nitrogen and oxygen atoms in total. The van der Waals surface area contributed by atoms with Crippen LogP contribution in [0.5, 0.6) is 11.5 Å². The van der Waals surface area contributed by atoms with E-state index in [-0.39, 0.29) is 34.2 Å². The molecular weight excluding hydrogens is 452 g/mol. The third-order valence-corrected chi connectivity index (χ3v) is 6.77. The van der Waals surface area contributed by atoms with E-state index in [2.05, 4.69) is 10.2 Å². The first-order valence-electron chi connectivity index (χ1n) is 10.5. The molecule has 170 valence electrons. The van der Waals surface area contributed by atoms with E-state index in [1.807, 2.05) is 44.2 Å². The van der Waals surface area contributed by atoms with Crippen molar-refractivity contribution in [1.29, 1.82) is 0 Å². The minimum atomic E-state index is -0.354. The van der Waals surface area contributed by atoms with E-state index in [1.165, 1.54) is 30.0 Å². The normalized spacial score (nSPS) is 11.4. The lowest BCUT2D eigenvalue weighted by molar-refractivity contribution is 0.102. The second-order valence-electron chi connectivity index (χ2n) is 7.91. The van der Waals surface area contributed by atoms with Gasteiger partial charge in [-0.15, -0.1) is 10.2 Å². The molecule has 5 aromatic rings. The van der Waals surface area contributed by atoms with Crippen LogP contribution in [0, 0.1) is 13.8 Å². The number of para-hydroxylation sites is 1. The molecular formula is C25H20N4O4S. The number of ketones is 1. The monoisotopic (exact) mass is 472 g/mol. The molecule has 2 heterocycles. The van der Waals surface area contributed by atoms with Gasteiger partial charge in [-0.2, -0.15) is 0 Å². The molecule has 0 unspecified atom stereocenters. The number of fused-ring (bicyclic) bond motifs is 3. The first-order chi connectivity index (χ1) is 16.4. The van der Waals surface area contributed by atoms with Crippen LogP contribution in [0.1, 0.15) is 21.5 Å². The maximum Gasteiger partial charge on any atom is 0.267 e. The summed E-state index contributed by atoms with van der Waals surface area (Å²) >= 11 is 1.18. The summed E-state index contributed by atoms with van der Waals surface area (Å²) < 4.78 is 3.34. The summed E-state index contributed by atoms with van der Waals surface area (Å²) in [5.74, 6) is -0.503. The lowest BCUT2D eigenvalue weighted by Gasteiger charge is -2.14. The smallest absolute Gasteiger partial charge is 0.267 e. The fourth-order valence-electron chi connectivity index (χ4n) is 3.88. The number of nitrogens with zero attached hydrogens (tertiary/aromatic N) is 4. The van der Waals surface area contributed by atoms with Crippen molar-refractivity contribution in [2.45, 2.75) is 19.0 Å². The highest BCUT2D eigenvalue weighted by Gasteiger charge is 2.20. The molecule has 0 aliphatic carbocycles. The quantitative estimate of drug-likeness (QED) is 0.226. The molecule has 0 saturated carbocycles. The predicted octanol–water partition coefficient (Wildman–Crippen LogP) is 4.04. The molecule has 0 atom stereocenters. The van der Waals surface area contributed by atoms with Gasteiger partial charge in [0.1, 0.15) is 0 Å². The topological polar surface area (TPSA) is 110 Å².